The number of carbonyl (C=O) groups excluding carboxylic acids is 1. The number of amides is 2. The molecular formula is C21H26ClN7OS. The highest BCUT2D eigenvalue weighted by Gasteiger charge is 2.12. The first kappa shape index (κ1) is 22.8. The second kappa shape index (κ2) is 10.9. The first-order valence-electron chi connectivity index (χ1n) is 10.1. The third-order valence-electron chi connectivity index (χ3n) is 4.68. The molecule has 3 aromatic rings. The number of rotatable bonds is 8. The Bertz CT molecular complexity index is 1070. The number of nitrogens with zero attached hydrogens (tertiary/aromatic N) is 5. The van der Waals surface area contributed by atoms with Crippen molar-refractivity contribution in [2.45, 2.75) is 20.4 Å². The molecule has 8 nitrogen and oxygen atoms in total. The van der Waals surface area contributed by atoms with E-state index >= 15 is 0 Å². The van der Waals surface area contributed by atoms with E-state index in [1.54, 1.807) is 7.05 Å². The molecule has 2 N–H and O–H groups in total. The van der Waals surface area contributed by atoms with E-state index in [0.717, 1.165) is 40.8 Å². The molecule has 3 rings (SSSR count). The summed E-state index contributed by atoms with van der Waals surface area (Å²) in [7, 11) is 1.59. The zero-order chi connectivity index (χ0) is 22.2. The van der Waals surface area contributed by atoms with Gasteiger partial charge in [-0.2, -0.15) is 0 Å². The topological polar surface area (TPSA) is 87.4 Å². The van der Waals surface area contributed by atoms with Crippen LogP contribution in [-0.4, -0.2) is 47.5 Å². The van der Waals surface area contributed by atoms with Crippen molar-refractivity contribution in [1.82, 2.24) is 25.4 Å². The van der Waals surface area contributed by atoms with Crippen LogP contribution in [0.25, 0.3) is 11.4 Å². The summed E-state index contributed by atoms with van der Waals surface area (Å²) >= 11 is 7.61. The quantitative estimate of drug-likeness (QED) is 0.538. The van der Waals surface area contributed by atoms with Gasteiger partial charge in [0.15, 0.2) is 10.6 Å². The molecular weight excluding hydrogens is 434 g/mol. The van der Waals surface area contributed by atoms with Gasteiger partial charge >= 0.3 is 6.03 Å². The Kier molecular flexibility index (Phi) is 8.02. The SMILES string of the molecule is CCN(CC)c1ccc(-c2csc(=Nc3cccc(Cl)c3)n2CCNC(=O)NC)nn1. The summed E-state index contributed by atoms with van der Waals surface area (Å²) in [5.41, 5.74) is 2.40. The van der Waals surface area contributed by atoms with Gasteiger partial charge in [-0.05, 0) is 44.2 Å². The second-order valence-corrected chi connectivity index (χ2v) is 7.87. The van der Waals surface area contributed by atoms with Crippen molar-refractivity contribution in [1.29, 1.82) is 0 Å². The predicted octanol–water partition coefficient (Wildman–Crippen LogP) is 3.67. The third kappa shape index (κ3) is 5.83. The molecule has 0 aliphatic rings. The van der Waals surface area contributed by atoms with Gasteiger partial charge in [-0.15, -0.1) is 21.5 Å². The molecule has 31 heavy (non-hydrogen) atoms. The molecule has 2 heterocycles. The first-order valence-corrected chi connectivity index (χ1v) is 11.3. The van der Waals surface area contributed by atoms with Crippen LogP contribution < -0.4 is 20.3 Å². The maximum Gasteiger partial charge on any atom is 0.314 e. The highest BCUT2D eigenvalue weighted by atomic mass is 35.5. The predicted molar refractivity (Wildman–Crippen MR) is 126 cm³/mol. The van der Waals surface area contributed by atoms with Gasteiger partial charge < -0.3 is 20.1 Å². The van der Waals surface area contributed by atoms with Crippen LogP contribution in [0.1, 0.15) is 13.8 Å². The summed E-state index contributed by atoms with van der Waals surface area (Å²) < 4.78 is 2.03. The van der Waals surface area contributed by atoms with E-state index in [0.29, 0.717) is 18.1 Å². The Morgan fingerprint density at radius 3 is 2.68 bits per heavy atom. The van der Waals surface area contributed by atoms with Gasteiger partial charge in [0.05, 0.1) is 11.4 Å². The summed E-state index contributed by atoms with van der Waals surface area (Å²) in [6.07, 6.45) is 0. The van der Waals surface area contributed by atoms with Gasteiger partial charge in [-0.3, -0.25) is 0 Å². The molecule has 0 aliphatic carbocycles. The maximum atomic E-state index is 11.6. The lowest BCUT2D eigenvalue weighted by Crippen LogP contribution is -2.36. The molecule has 1 aromatic carbocycles. The van der Waals surface area contributed by atoms with Crippen LogP contribution in [0.3, 0.4) is 0 Å². The number of nitrogens with one attached hydrogen (secondary N) is 2. The maximum absolute atomic E-state index is 11.6. The van der Waals surface area contributed by atoms with Crippen molar-refractivity contribution >= 4 is 40.5 Å². The fourth-order valence-corrected chi connectivity index (χ4v) is 4.17. The van der Waals surface area contributed by atoms with Crippen molar-refractivity contribution in [2.24, 2.45) is 4.99 Å². The summed E-state index contributed by atoms with van der Waals surface area (Å²) in [5, 5.41) is 16.9. The van der Waals surface area contributed by atoms with Crippen LogP contribution in [0.15, 0.2) is 46.8 Å². The van der Waals surface area contributed by atoms with Gasteiger partial charge in [0.1, 0.15) is 5.69 Å². The molecule has 10 heteroatoms. The number of hydrogen-bond acceptors (Lipinski definition) is 6. The van der Waals surface area contributed by atoms with Crippen molar-refractivity contribution in [3.8, 4) is 11.4 Å². The number of aromatic nitrogens is 3. The Hall–Kier alpha value is -2.91. The number of hydrogen-bond donors (Lipinski definition) is 2. The molecule has 0 unspecified atom stereocenters. The monoisotopic (exact) mass is 459 g/mol. The largest absolute Gasteiger partial charge is 0.356 e. The number of halogens is 1. The summed E-state index contributed by atoms with van der Waals surface area (Å²) in [6, 6.07) is 11.1. The van der Waals surface area contributed by atoms with E-state index in [9.17, 15) is 4.79 Å². The highest BCUT2D eigenvalue weighted by molar-refractivity contribution is 7.07. The van der Waals surface area contributed by atoms with E-state index < -0.39 is 0 Å². The third-order valence-corrected chi connectivity index (χ3v) is 5.78. The van der Waals surface area contributed by atoms with Gasteiger partial charge in [-0.25, -0.2) is 9.79 Å². The van der Waals surface area contributed by atoms with Gasteiger partial charge in [0.2, 0.25) is 0 Å². The number of urea groups is 1. The summed E-state index contributed by atoms with van der Waals surface area (Å²) in [6.45, 7) is 6.90. The number of carbonyl (C=O) groups is 1. The summed E-state index contributed by atoms with van der Waals surface area (Å²) in [5.74, 6) is 0.848. The van der Waals surface area contributed by atoms with Crippen LogP contribution >= 0.6 is 22.9 Å². The number of anilines is 1. The van der Waals surface area contributed by atoms with E-state index in [-0.39, 0.29) is 6.03 Å². The molecule has 0 fully saturated rings. The van der Waals surface area contributed by atoms with Crippen LogP contribution in [0.4, 0.5) is 16.3 Å². The highest BCUT2D eigenvalue weighted by Crippen LogP contribution is 2.21. The van der Waals surface area contributed by atoms with Crippen molar-refractivity contribution in [3.05, 3.63) is 51.6 Å². The summed E-state index contributed by atoms with van der Waals surface area (Å²) in [4.78, 5) is 19.3. The van der Waals surface area contributed by atoms with Gasteiger partial charge in [0, 0.05) is 43.6 Å². The van der Waals surface area contributed by atoms with Crippen molar-refractivity contribution < 1.29 is 4.79 Å². The molecule has 0 spiro atoms. The smallest absolute Gasteiger partial charge is 0.314 e. The van der Waals surface area contributed by atoms with Crippen molar-refractivity contribution in [2.75, 3.05) is 31.6 Å². The van der Waals surface area contributed by atoms with Crippen molar-refractivity contribution in [3.63, 3.8) is 0 Å². The standard InChI is InChI=1S/C21H26ClN7OS/c1-4-28(5-2)19-10-9-17(26-27-19)18-14-31-21(25-16-8-6-7-15(22)13-16)29(18)12-11-24-20(30)23-3/h6-10,13-14H,4-5,11-12H2,1-3H3,(H2,23,24,30). The average Bonchev–Trinajstić information content (AvgIpc) is 3.17. The fourth-order valence-electron chi connectivity index (χ4n) is 3.04. The van der Waals surface area contributed by atoms with Crippen LogP contribution in [0, 0.1) is 0 Å². The average molecular weight is 460 g/mol. The number of thiazole rings is 1. The molecule has 2 aromatic heterocycles. The van der Waals surface area contributed by atoms with Crippen LogP contribution in [0.5, 0.6) is 0 Å². The Morgan fingerprint density at radius 1 is 1.23 bits per heavy atom. The molecule has 2 amide bonds. The minimum Gasteiger partial charge on any atom is -0.356 e. The lowest BCUT2D eigenvalue weighted by molar-refractivity contribution is 0.242. The number of benzene rings is 1. The molecule has 0 atom stereocenters. The normalized spacial score (nSPS) is 11.4. The first-order chi connectivity index (χ1) is 15.0. The van der Waals surface area contributed by atoms with E-state index in [2.05, 4.69) is 39.6 Å². The van der Waals surface area contributed by atoms with Crippen LogP contribution in [-0.2, 0) is 6.54 Å². The zero-order valence-electron chi connectivity index (χ0n) is 17.8. The Labute approximate surface area is 190 Å². The minimum absolute atomic E-state index is 0.228. The lowest BCUT2D eigenvalue weighted by atomic mass is 10.3. The molecule has 164 valence electrons. The van der Waals surface area contributed by atoms with Gasteiger partial charge in [-0.1, -0.05) is 17.7 Å². The molecule has 0 bridgehead atoms. The van der Waals surface area contributed by atoms with Gasteiger partial charge in [0.25, 0.3) is 0 Å². The van der Waals surface area contributed by atoms with Crippen LogP contribution in [0.2, 0.25) is 5.02 Å². The Balaban J connectivity index is 1.97. The minimum atomic E-state index is -0.228. The molecule has 0 aliphatic heterocycles. The molecule has 0 saturated heterocycles. The second-order valence-electron chi connectivity index (χ2n) is 6.60. The van der Waals surface area contributed by atoms with E-state index in [4.69, 9.17) is 16.6 Å². The lowest BCUT2D eigenvalue weighted by Gasteiger charge is -2.19. The molecule has 0 saturated carbocycles. The fraction of sp³-hybridized carbons (Fsp3) is 0.333. The Morgan fingerprint density at radius 2 is 2.03 bits per heavy atom. The van der Waals surface area contributed by atoms with E-state index in [1.807, 2.05) is 46.3 Å². The zero-order valence-corrected chi connectivity index (χ0v) is 19.4. The van der Waals surface area contributed by atoms with E-state index in [1.165, 1.54) is 11.3 Å². The molecule has 0 radical (unpaired) electrons.